The van der Waals surface area contributed by atoms with E-state index < -0.39 is 0 Å². The number of hydrogen-bond donors (Lipinski definition) is 1. The Hall–Kier alpha value is -0.900. The van der Waals surface area contributed by atoms with Crippen LogP contribution < -0.4 is 5.73 Å². The second-order valence-corrected chi connectivity index (χ2v) is 3.00. The van der Waals surface area contributed by atoms with Gasteiger partial charge in [0.05, 0.1) is 6.04 Å². The summed E-state index contributed by atoms with van der Waals surface area (Å²) in [6, 6.07) is -0.0342. The molecular formula is C7H12N4. The minimum absolute atomic E-state index is 0.0342. The van der Waals surface area contributed by atoms with Gasteiger partial charge in [-0.25, -0.2) is 9.67 Å². The Labute approximate surface area is 65.4 Å². The molecule has 1 aliphatic heterocycles. The number of aryl methyl sites for hydroxylation is 2. The first-order valence-corrected chi connectivity index (χ1v) is 3.96. The van der Waals surface area contributed by atoms with Crippen LogP contribution in [-0.4, -0.2) is 14.8 Å². The topological polar surface area (TPSA) is 56.7 Å². The summed E-state index contributed by atoms with van der Waals surface area (Å²) in [4.78, 5) is 4.32. The largest absolute Gasteiger partial charge is 0.321 e. The molecule has 1 aliphatic rings. The van der Waals surface area contributed by atoms with Gasteiger partial charge in [-0.3, -0.25) is 0 Å². The van der Waals surface area contributed by atoms with Crippen LogP contribution in [0.3, 0.4) is 0 Å². The van der Waals surface area contributed by atoms with Gasteiger partial charge >= 0.3 is 0 Å². The molecule has 1 aromatic heterocycles. The number of hydrogen-bond acceptors (Lipinski definition) is 3. The highest BCUT2D eigenvalue weighted by Crippen LogP contribution is 2.13. The van der Waals surface area contributed by atoms with Gasteiger partial charge < -0.3 is 5.73 Å². The quantitative estimate of drug-likeness (QED) is 0.627. The molecule has 0 saturated heterocycles. The smallest absolute Gasteiger partial charge is 0.167 e. The van der Waals surface area contributed by atoms with Crippen molar-refractivity contribution in [2.75, 3.05) is 0 Å². The second-order valence-electron chi connectivity index (χ2n) is 3.00. The molecule has 0 aliphatic carbocycles. The standard InChI is InChI=1S/C7H12N4/c1-5(8)7-9-6-3-2-4-11(6)10-7/h5H,2-4,8H2,1H3. The second kappa shape index (κ2) is 2.30. The van der Waals surface area contributed by atoms with Crippen LogP contribution in [0.25, 0.3) is 0 Å². The third-order valence-corrected chi connectivity index (χ3v) is 1.94. The molecule has 0 bridgehead atoms. The van der Waals surface area contributed by atoms with Gasteiger partial charge in [0.2, 0.25) is 0 Å². The van der Waals surface area contributed by atoms with E-state index in [0.717, 1.165) is 24.6 Å². The average Bonchev–Trinajstić information content (AvgIpc) is 2.40. The monoisotopic (exact) mass is 152 g/mol. The zero-order valence-electron chi connectivity index (χ0n) is 6.62. The van der Waals surface area contributed by atoms with Crippen LogP contribution in [0, 0.1) is 0 Å². The maximum atomic E-state index is 5.64. The maximum Gasteiger partial charge on any atom is 0.167 e. The van der Waals surface area contributed by atoms with Crippen LogP contribution in [0.15, 0.2) is 0 Å². The van der Waals surface area contributed by atoms with Crippen LogP contribution in [0.1, 0.15) is 31.0 Å². The first-order chi connectivity index (χ1) is 5.27. The SMILES string of the molecule is CC(N)c1nc2n(n1)CCC2. The van der Waals surface area contributed by atoms with E-state index in [9.17, 15) is 0 Å². The number of nitrogens with zero attached hydrogens (tertiary/aromatic N) is 3. The first-order valence-electron chi connectivity index (χ1n) is 3.96. The van der Waals surface area contributed by atoms with E-state index in [-0.39, 0.29) is 6.04 Å². The summed E-state index contributed by atoms with van der Waals surface area (Å²) in [5.74, 6) is 1.87. The summed E-state index contributed by atoms with van der Waals surface area (Å²) < 4.78 is 1.96. The lowest BCUT2D eigenvalue weighted by molar-refractivity contribution is 0.625. The summed E-state index contributed by atoms with van der Waals surface area (Å²) in [6.45, 7) is 2.92. The number of aromatic nitrogens is 3. The summed E-state index contributed by atoms with van der Waals surface area (Å²) >= 11 is 0. The Morgan fingerprint density at radius 1 is 1.64 bits per heavy atom. The number of nitrogens with two attached hydrogens (primary N) is 1. The van der Waals surface area contributed by atoms with Gasteiger partial charge in [0.15, 0.2) is 5.82 Å². The molecule has 0 fully saturated rings. The fourth-order valence-electron chi connectivity index (χ4n) is 1.34. The number of rotatable bonds is 1. The summed E-state index contributed by atoms with van der Waals surface area (Å²) in [5, 5.41) is 4.27. The van der Waals surface area contributed by atoms with Gasteiger partial charge in [-0.1, -0.05) is 0 Å². The Morgan fingerprint density at radius 2 is 2.45 bits per heavy atom. The molecule has 4 heteroatoms. The molecule has 1 atom stereocenters. The molecule has 0 saturated carbocycles. The van der Waals surface area contributed by atoms with E-state index >= 15 is 0 Å². The minimum atomic E-state index is -0.0342. The molecule has 2 heterocycles. The van der Waals surface area contributed by atoms with Crippen molar-refractivity contribution in [2.45, 2.75) is 32.4 Å². The summed E-state index contributed by atoms with van der Waals surface area (Å²) in [6.07, 6.45) is 2.23. The minimum Gasteiger partial charge on any atom is -0.321 e. The molecule has 2 N–H and O–H groups in total. The highest BCUT2D eigenvalue weighted by Gasteiger charge is 2.16. The van der Waals surface area contributed by atoms with Crippen molar-refractivity contribution in [3.8, 4) is 0 Å². The Morgan fingerprint density at radius 3 is 3.09 bits per heavy atom. The van der Waals surface area contributed by atoms with Crippen molar-refractivity contribution < 1.29 is 0 Å². The molecule has 0 radical (unpaired) electrons. The van der Waals surface area contributed by atoms with Crippen LogP contribution in [-0.2, 0) is 13.0 Å². The zero-order chi connectivity index (χ0) is 7.84. The van der Waals surface area contributed by atoms with Gasteiger partial charge in [-0.2, -0.15) is 5.10 Å². The van der Waals surface area contributed by atoms with Crippen LogP contribution >= 0.6 is 0 Å². The van der Waals surface area contributed by atoms with Gasteiger partial charge in [-0.15, -0.1) is 0 Å². The average molecular weight is 152 g/mol. The van der Waals surface area contributed by atoms with Gasteiger partial charge in [0, 0.05) is 13.0 Å². The maximum absolute atomic E-state index is 5.64. The van der Waals surface area contributed by atoms with E-state index in [1.165, 1.54) is 6.42 Å². The van der Waals surface area contributed by atoms with Crippen LogP contribution in [0.5, 0.6) is 0 Å². The summed E-state index contributed by atoms with van der Waals surface area (Å²) in [7, 11) is 0. The van der Waals surface area contributed by atoms with Gasteiger partial charge in [-0.05, 0) is 13.3 Å². The lowest BCUT2D eigenvalue weighted by Crippen LogP contribution is -2.08. The fraction of sp³-hybridized carbons (Fsp3) is 0.714. The molecule has 11 heavy (non-hydrogen) atoms. The third-order valence-electron chi connectivity index (χ3n) is 1.94. The highest BCUT2D eigenvalue weighted by molar-refractivity contribution is 4.99. The Kier molecular flexibility index (Phi) is 1.42. The lowest BCUT2D eigenvalue weighted by Gasteiger charge is -1.96. The molecule has 4 nitrogen and oxygen atoms in total. The predicted octanol–water partition coefficient (Wildman–Crippen LogP) is 0.244. The van der Waals surface area contributed by atoms with Crippen molar-refractivity contribution in [1.82, 2.24) is 14.8 Å². The molecular weight excluding hydrogens is 140 g/mol. The molecule has 2 rings (SSSR count). The lowest BCUT2D eigenvalue weighted by atomic mass is 10.3. The van der Waals surface area contributed by atoms with Crippen molar-refractivity contribution >= 4 is 0 Å². The van der Waals surface area contributed by atoms with E-state index in [0.29, 0.717) is 0 Å². The molecule has 0 amide bonds. The number of fused-ring (bicyclic) bond motifs is 1. The fourth-order valence-corrected chi connectivity index (χ4v) is 1.34. The first kappa shape index (κ1) is 6.79. The van der Waals surface area contributed by atoms with Crippen molar-refractivity contribution in [3.63, 3.8) is 0 Å². The van der Waals surface area contributed by atoms with Crippen molar-refractivity contribution in [3.05, 3.63) is 11.6 Å². The van der Waals surface area contributed by atoms with E-state index in [2.05, 4.69) is 10.1 Å². The van der Waals surface area contributed by atoms with Gasteiger partial charge in [0.25, 0.3) is 0 Å². The predicted molar refractivity (Wildman–Crippen MR) is 40.9 cm³/mol. The molecule has 1 unspecified atom stereocenters. The summed E-state index contributed by atoms with van der Waals surface area (Å²) in [5.41, 5.74) is 5.64. The van der Waals surface area contributed by atoms with Crippen molar-refractivity contribution in [2.24, 2.45) is 5.73 Å². The Balaban J connectivity index is 2.34. The third kappa shape index (κ3) is 1.03. The van der Waals surface area contributed by atoms with Crippen molar-refractivity contribution in [1.29, 1.82) is 0 Å². The van der Waals surface area contributed by atoms with Gasteiger partial charge in [0.1, 0.15) is 5.82 Å². The zero-order valence-corrected chi connectivity index (χ0v) is 6.62. The van der Waals surface area contributed by atoms with Crippen LogP contribution in [0.2, 0.25) is 0 Å². The normalized spacial score (nSPS) is 18.4. The Bertz CT molecular complexity index is 242. The molecule has 1 aromatic rings. The van der Waals surface area contributed by atoms with E-state index in [1.807, 2.05) is 11.6 Å². The van der Waals surface area contributed by atoms with E-state index in [1.54, 1.807) is 0 Å². The molecule has 0 spiro atoms. The molecule has 0 aromatic carbocycles. The van der Waals surface area contributed by atoms with E-state index in [4.69, 9.17) is 5.73 Å². The molecule has 60 valence electrons. The van der Waals surface area contributed by atoms with Crippen LogP contribution in [0.4, 0.5) is 0 Å². The highest BCUT2D eigenvalue weighted by atomic mass is 15.4.